The fraction of sp³-hybridized carbons (Fsp3) is 0.273. The summed E-state index contributed by atoms with van der Waals surface area (Å²) in [6.45, 7) is 1.84. The van der Waals surface area contributed by atoms with Gasteiger partial charge in [0.1, 0.15) is 12.1 Å². The zero-order valence-corrected chi connectivity index (χ0v) is 18.4. The number of benzene rings is 2. The fourth-order valence-corrected chi connectivity index (χ4v) is 4.25. The predicted octanol–water partition coefficient (Wildman–Crippen LogP) is 2.98. The second-order valence-electron chi connectivity index (χ2n) is 7.70. The first-order valence-corrected chi connectivity index (χ1v) is 10.7. The van der Waals surface area contributed by atoms with Crippen molar-refractivity contribution < 1.29 is 19.2 Å². The van der Waals surface area contributed by atoms with Crippen LogP contribution in [0.1, 0.15) is 25.3 Å². The van der Waals surface area contributed by atoms with E-state index in [4.69, 9.17) is 0 Å². The van der Waals surface area contributed by atoms with Gasteiger partial charge in [-0.15, -0.1) is 0 Å². The van der Waals surface area contributed by atoms with E-state index < -0.39 is 29.9 Å². The Morgan fingerprint density at radius 2 is 1.94 bits per heavy atom. The number of nitrogens with zero attached hydrogens (tertiary/aromatic N) is 2. The molecule has 0 aliphatic carbocycles. The highest BCUT2D eigenvalue weighted by molar-refractivity contribution is 9.10. The molecule has 0 unspecified atom stereocenters. The van der Waals surface area contributed by atoms with Gasteiger partial charge in [-0.1, -0.05) is 34.1 Å². The standard InChI is InChI=1S/C22H21BrN4O4/c1-22(14-5-2-6-15(23)11-14)20(30)27(21(31)25-22)13-18(28)24-16-7-3-8-17(12-16)26-10-4-9-19(26)29/h2-3,5-8,11-12H,4,9-10,13H2,1H3,(H,24,28)(H,25,31)/t22-/m0/s1. The van der Waals surface area contributed by atoms with Gasteiger partial charge < -0.3 is 15.5 Å². The first-order valence-electron chi connectivity index (χ1n) is 9.88. The summed E-state index contributed by atoms with van der Waals surface area (Å²) in [7, 11) is 0. The van der Waals surface area contributed by atoms with E-state index in [1.807, 2.05) is 6.07 Å². The van der Waals surface area contributed by atoms with Crippen molar-refractivity contribution in [2.24, 2.45) is 0 Å². The topological polar surface area (TPSA) is 98.8 Å². The van der Waals surface area contributed by atoms with Gasteiger partial charge in [-0.05, 0) is 49.2 Å². The minimum Gasteiger partial charge on any atom is -0.324 e. The second kappa shape index (κ2) is 8.14. The van der Waals surface area contributed by atoms with Gasteiger partial charge in [0.05, 0.1) is 0 Å². The summed E-state index contributed by atoms with van der Waals surface area (Å²) in [6, 6.07) is 13.4. The lowest BCUT2D eigenvalue weighted by Gasteiger charge is -2.22. The maximum atomic E-state index is 13.0. The third-order valence-corrected chi connectivity index (χ3v) is 5.99. The Labute approximate surface area is 187 Å². The maximum Gasteiger partial charge on any atom is 0.325 e. The molecule has 2 fully saturated rings. The highest BCUT2D eigenvalue weighted by Crippen LogP contribution is 2.30. The van der Waals surface area contributed by atoms with Crippen molar-refractivity contribution in [1.82, 2.24) is 10.2 Å². The lowest BCUT2D eigenvalue weighted by atomic mass is 9.92. The van der Waals surface area contributed by atoms with E-state index in [0.29, 0.717) is 29.9 Å². The predicted molar refractivity (Wildman–Crippen MR) is 118 cm³/mol. The molecule has 0 saturated carbocycles. The van der Waals surface area contributed by atoms with E-state index in [2.05, 4.69) is 26.6 Å². The second-order valence-corrected chi connectivity index (χ2v) is 8.62. The lowest BCUT2D eigenvalue weighted by molar-refractivity contribution is -0.133. The van der Waals surface area contributed by atoms with Crippen molar-refractivity contribution in [1.29, 1.82) is 0 Å². The number of hydrogen-bond acceptors (Lipinski definition) is 4. The van der Waals surface area contributed by atoms with Crippen molar-refractivity contribution >= 4 is 51.1 Å². The summed E-state index contributed by atoms with van der Waals surface area (Å²) in [6.07, 6.45) is 1.32. The first-order chi connectivity index (χ1) is 14.8. The van der Waals surface area contributed by atoms with Crippen LogP contribution in [-0.4, -0.2) is 41.7 Å². The van der Waals surface area contributed by atoms with E-state index in [1.54, 1.807) is 54.3 Å². The van der Waals surface area contributed by atoms with E-state index >= 15 is 0 Å². The summed E-state index contributed by atoms with van der Waals surface area (Å²) in [4.78, 5) is 52.6. The van der Waals surface area contributed by atoms with Crippen LogP contribution < -0.4 is 15.5 Å². The Balaban J connectivity index is 1.46. The summed E-state index contributed by atoms with van der Waals surface area (Å²) in [5, 5.41) is 5.39. The third-order valence-electron chi connectivity index (χ3n) is 5.49. The molecule has 0 spiro atoms. The molecule has 5 amide bonds. The molecule has 0 bridgehead atoms. The normalized spacial score (nSPS) is 20.9. The smallest absolute Gasteiger partial charge is 0.324 e. The molecule has 2 aliphatic rings. The molecule has 0 aromatic heterocycles. The van der Waals surface area contributed by atoms with E-state index in [0.717, 1.165) is 15.8 Å². The molecule has 160 valence electrons. The molecule has 1 atom stereocenters. The molecule has 2 N–H and O–H groups in total. The van der Waals surface area contributed by atoms with Crippen molar-refractivity contribution in [3.05, 3.63) is 58.6 Å². The van der Waals surface area contributed by atoms with Crippen LogP contribution in [0.5, 0.6) is 0 Å². The third kappa shape index (κ3) is 4.05. The van der Waals surface area contributed by atoms with Crippen LogP contribution in [-0.2, 0) is 19.9 Å². The van der Waals surface area contributed by atoms with Gasteiger partial charge in [0.2, 0.25) is 11.8 Å². The van der Waals surface area contributed by atoms with Gasteiger partial charge in [-0.25, -0.2) is 4.79 Å². The zero-order valence-electron chi connectivity index (χ0n) is 16.9. The van der Waals surface area contributed by atoms with Gasteiger partial charge in [0.25, 0.3) is 5.91 Å². The average Bonchev–Trinajstić information content (AvgIpc) is 3.25. The highest BCUT2D eigenvalue weighted by Gasteiger charge is 2.49. The number of halogens is 1. The van der Waals surface area contributed by atoms with Gasteiger partial charge in [0.15, 0.2) is 0 Å². The highest BCUT2D eigenvalue weighted by atomic mass is 79.9. The van der Waals surface area contributed by atoms with Gasteiger partial charge in [-0.3, -0.25) is 19.3 Å². The first kappa shape index (κ1) is 21.0. The van der Waals surface area contributed by atoms with Crippen LogP contribution >= 0.6 is 15.9 Å². The quantitative estimate of drug-likeness (QED) is 0.637. The van der Waals surface area contributed by atoms with Crippen LogP contribution in [0.15, 0.2) is 53.0 Å². The minimum atomic E-state index is -1.25. The van der Waals surface area contributed by atoms with Crippen LogP contribution in [0.4, 0.5) is 16.2 Å². The Morgan fingerprint density at radius 1 is 1.16 bits per heavy atom. The summed E-state index contributed by atoms with van der Waals surface area (Å²) >= 11 is 3.37. The number of anilines is 2. The Kier molecular flexibility index (Phi) is 5.53. The monoisotopic (exact) mass is 484 g/mol. The zero-order chi connectivity index (χ0) is 22.2. The van der Waals surface area contributed by atoms with Crippen molar-refractivity contribution in [2.45, 2.75) is 25.3 Å². The number of nitrogens with one attached hydrogen (secondary N) is 2. The number of urea groups is 1. The van der Waals surface area contributed by atoms with E-state index in [1.165, 1.54) is 0 Å². The molecule has 4 rings (SSSR count). The molecule has 2 aromatic rings. The molecule has 31 heavy (non-hydrogen) atoms. The van der Waals surface area contributed by atoms with Gasteiger partial charge >= 0.3 is 6.03 Å². The minimum absolute atomic E-state index is 0.0506. The van der Waals surface area contributed by atoms with Crippen LogP contribution in [0.2, 0.25) is 0 Å². The summed E-state index contributed by atoms with van der Waals surface area (Å²) in [5.41, 5.74) is 0.560. The Hall–Kier alpha value is -3.20. The number of hydrogen-bond donors (Lipinski definition) is 2. The Morgan fingerprint density at radius 3 is 2.65 bits per heavy atom. The SMILES string of the molecule is C[C@@]1(c2cccc(Br)c2)NC(=O)N(CC(=O)Nc2cccc(N3CCCC3=O)c2)C1=O. The molecule has 2 aliphatic heterocycles. The lowest BCUT2D eigenvalue weighted by Crippen LogP contribution is -2.42. The van der Waals surface area contributed by atoms with Crippen molar-refractivity contribution in [3.8, 4) is 0 Å². The Bertz CT molecular complexity index is 1090. The molecular weight excluding hydrogens is 464 g/mol. The molecule has 2 saturated heterocycles. The molecule has 0 radical (unpaired) electrons. The van der Waals surface area contributed by atoms with E-state index in [-0.39, 0.29) is 5.91 Å². The number of amides is 5. The average molecular weight is 485 g/mol. The molecule has 9 heteroatoms. The largest absolute Gasteiger partial charge is 0.325 e. The number of imide groups is 1. The van der Waals surface area contributed by atoms with Crippen molar-refractivity contribution in [3.63, 3.8) is 0 Å². The van der Waals surface area contributed by atoms with Crippen molar-refractivity contribution in [2.75, 3.05) is 23.3 Å². The fourth-order valence-electron chi connectivity index (χ4n) is 3.85. The van der Waals surface area contributed by atoms with Crippen LogP contribution in [0, 0.1) is 0 Å². The molecule has 2 heterocycles. The van der Waals surface area contributed by atoms with E-state index in [9.17, 15) is 19.2 Å². The van der Waals surface area contributed by atoms with Gasteiger partial charge in [-0.2, -0.15) is 0 Å². The molecule has 8 nitrogen and oxygen atoms in total. The number of carbonyl (C=O) groups excluding carboxylic acids is 4. The summed E-state index contributed by atoms with van der Waals surface area (Å²) in [5.74, 6) is -0.955. The molecule has 2 aromatic carbocycles. The number of carbonyl (C=O) groups is 4. The van der Waals surface area contributed by atoms with Crippen LogP contribution in [0.25, 0.3) is 0 Å². The maximum absolute atomic E-state index is 13.0. The van der Waals surface area contributed by atoms with Crippen LogP contribution in [0.3, 0.4) is 0 Å². The number of rotatable bonds is 5. The molecular formula is C22H21BrN4O4. The van der Waals surface area contributed by atoms with Gasteiger partial charge in [0, 0.05) is 28.8 Å². The summed E-state index contributed by atoms with van der Waals surface area (Å²) < 4.78 is 0.779.